The molecule has 1 amide bonds. The SMILES string of the molecule is NNc1cc(C(=O)NCCC2CCC2)ccc1[N+](=O)[O-]. The highest BCUT2D eigenvalue weighted by Gasteiger charge is 2.18. The molecule has 0 unspecified atom stereocenters. The number of nitro groups is 1. The minimum Gasteiger partial charge on any atom is -0.352 e. The average Bonchev–Trinajstić information content (AvgIpc) is 2.40. The van der Waals surface area contributed by atoms with E-state index in [1.165, 1.54) is 37.5 Å². The third kappa shape index (κ3) is 3.24. The number of nitro benzene ring substituents is 1. The lowest BCUT2D eigenvalue weighted by Crippen LogP contribution is -2.27. The second kappa shape index (κ2) is 6.33. The van der Waals surface area contributed by atoms with Crippen molar-refractivity contribution in [2.24, 2.45) is 11.8 Å². The maximum Gasteiger partial charge on any atom is 0.293 e. The van der Waals surface area contributed by atoms with Gasteiger partial charge in [-0.1, -0.05) is 19.3 Å². The summed E-state index contributed by atoms with van der Waals surface area (Å²) in [5, 5.41) is 13.6. The summed E-state index contributed by atoms with van der Waals surface area (Å²) < 4.78 is 0. The smallest absolute Gasteiger partial charge is 0.293 e. The fourth-order valence-corrected chi connectivity index (χ4v) is 2.23. The van der Waals surface area contributed by atoms with Gasteiger partial charge in [0.05, 0.1) is 4.92 Å². The van der Waals surface area contributed by atoms with Crippen molar-refractivity contribution >= 4 is 17.3 Å². The van der Waals surface area contributed by atoms with Crippen LogP contribution in [0.15, 0.2) is 18.2 Å². The number of benzene rings is 1. The highest BCUT2D eigenvalue weighted by molar-refractivity contribution is 5.95. The van der Waals surface area contributed by atoms with E-state index in [0.717, 1.165) is 12.3 Å². The summed E-state index contributed by atoms with van der Waals surface area (Å²) in [5.41, 5.74) is 2.57. The second-order valence-corrected chi connectivity index (χ2v) is 4.97. The number of nitrogens with zero attached hydrogens (tertiary/aromatic N) is 1. The van der Waals surface area contributed by atoms with Crippen molar-refractivity contribution in [2.45, 2.75) is 25.7 Å². The zero-order valence-corrected chi connectivity index (χ0v) is 11.1. The largest absolute Gasteiger partial charge is 0.352 e. The molecule has 2 rings (SSSR count). The summed E-state index contributed by atoms with van der Waals surface area (Å²) in [4.78, 5) is 22.1. The minimum absolute atomic E-state index is 0.127. The van der Waals surface area contributed by atoms with Crippen molar-refractivity contribution in [1.29, 1.82) is 0 Å². The number of rotatable bonds is 6. The summed E-state index contributed by atoms with van der Waals surface area (Å²) >= 11 is 0. The molecule has 0 heterocycles. The molecule has 0 bridgehead atoms. The second-order valence-electron chi connectivity index (χ2n) is 4.97. The molecule has 1 saturated carbocycles. The first-order valence-corrected chi connectivity index (χ1v) is 6.65. The molecule has 108 valence electrons. The van der Waals surface area contributed by atoms with Crippen molar-refractivity contribution in [3.05, 3.63) is 33.9 Å². The number of carbonyl (C=O) groups excluding carboxylic acids is 1. The van der Waals surface area contributed by atoms with Crippen molar-refractivity contribution < 1.29 is 9.72 Å². The molecule has 0 radical (unpaired) electrons. The van der Waals surface area contributed by atoms with Gasteiger partial charge in [-0.2, -0.15) is 0 Å². The first kappa shape index (κ1) is 14.3. The molecule has 1 aromatic rings. The highest BCUT2D eigenvalue weighted by atomic mass is 16.6. The molecule has 4 N–H and O–H groups in total. The quantitative estimate of drug-likeness (QED) is 0.417. The Balaban J connectivity index is 1.96. The Kier molecular flexibility index (Phi) is 4.52. The first-order valence-electron chi connectivity index (χ1n) is 6.65. The molecule has 1 aromatic carbocycles. The van der Waals surface area contributed by atoms with Gasteiger partial charge >= 0.3 is 0 Å². The fourth-order valence-electron chi connectivity index (χ4n) is 2.23. The van der Waals surface area contributed by atoms with Crippen LogP contribution in [0.4, 0.5) is 11.4 Å². The van der Waals surface area contributed by atoms with Crippen LogP contribution in [-0.2, 0) is 0 Å². The highest BCUT2D eigenvalue weighted by Crippen LogP contribution is 2.29. The van der Waals surface area contributed by atoms with E-state index in [4.69, 9.17) is 5.84 Å². The fraction of sp³-hybridized carbons (Fsp3) is 0.462. The predicted molar refractivity (Wildman–Crippen MR) is 75.2 cm³/mol. The molecular formula is C13H18N4O3. The standard InChI is InChI=1S/C13H18N4O3/c14-16-11-8-10(4-5-12(11)17(19)20)13(18)15-7-6-9-2-1-3-9/h4-5,8-9,16H,1-3,6-7,14H2,(H,15,18). The number of carbonyl (C=O) groups is 1. The molecule has 0 aromatic heterocycles. The van der Waals surface area contributed by atoms with E-state index in [0.29, 0.717) is 12.1 Å². The zero-order valence-electron chi connectivity index (χ0n) is 11.1. The lowest BCUT2D eigenvalue weighted by molar-refractivity contribution is -0.384. The average molecular weight is 278 g/mol. The van der Waals surface area contributed by atoms with Gasteiger partial charge in [-0.15, -0.1) is 0 Å². The van der Waals surface area contributed by atoms with E-state index in [9.17, 15) is 14.9 Å². The number of amides is 1. The van der Waals surface area contributed by atoms with Crippen molar-refractivity contribution in [2.75, 3.05) is 12.0 Å². The number of nitrogens with one attached hydrogen (secondary N) is 2. The molecule has 7 nitrogen and oxygen atoms in total. The van der Waals surface area contributed by atoms with E-state index >= 15 is 0 Å². The summed E-state index contributed by atoms with van der Waals surface area (Å²) in [7, 11) is 0. The van der Waals surface area contributed by atoms with Gasteiger partial charge in [-0.25, -0.2) is 0 Å². The summed E-state index contributed by atoms with van der Waals surface area (Å²) in [6.45, 7) is 0.631. The Morgan fingerprint density at radius 2 is 2.20 bits per heavy atom. The molecular weight excluding hydrogens is 260 g/mol. The van der Waals surface area contributed by atoms with Gasteiger partial charge in [0.2, 0.25) is 0 Å². The maximum absolute atomic E-state index is 11.9. The Bertz CT molecular complexity index is 514. The van der Waals surface area contributed by atoms with Crippen LogP contribution in [0.5, 0.6) is 0 Å². The third-order valence-corrected chi connectivity index (χ3v) is 3.67. The number of hydrazine groups is 1. The van der Waals surface area contributed by atoms with Crippen LogP contribution in [-0.4, -0.2) is 17.4 Å². The molecule has 1 fully saturated rings. The van der Waals surface area contributed by atoms with Gasteiger partial charge < -0.3 is 10.7 Å². The van der Waals surface area contributed by atoms with Crippen LogP contribution in [0.3, 0.4) is 0 Å². The molecule has 0 aliphatic heterocycles. The van der Waals surface area contributed by atoms with Gasteiger partial charge in [0.1, 0.15) is 5.69 Å². The van der Waals surface area contributed by atoms with Gasteiger partial charge in [0, 0.05) is 18.2 Å². The van der Waals surface area contributed by atoms with Crippen molar-refractivity contribution in [3.63, 3.8) is 0 Å². The van der Waals surface area contributed by atoms with Crippen LogP contribution < -0.4 is 16.6 Å². The zero-order chi connectivity index (χ0) is 14.5. The molecule has 0 atom stereocenters. The van der Waals surface area contributed by atoms with Crippen molar-refractivity contribution in [3.8, 4) is 0 Å². The Hall–Kier alpha value is -2.15. The van der Waals surface area contributed by atoms with Gasteiger partial charge in [0.15, 0.2) is 0 Å². The predicted octanol–water partition coefficient (Wildman–Crippen LogP) is 1.80. The normalized spacial score (nSPS) is 14.4. The van der Waals surface area contributed by atoms with Crippen LogP contribution in [0, 0.1) is 16.0 Å². The Labute approximate surface area is 116 Å². The lowest BCUT2D eigenvalue weighted by atomic mass is 9.83. The minimum atomic E-state index is -0.548. The Morgan fingerprint density at radius 1 is 1.45 bits per heavy atom. The summed E-state index contributed by atoms with van der Waals surface area (Å²) in [6, 6.07) is 4.09. The number of nitrogens with two attached hydrogens (primary N) is 1. The first-order chi connectivity index (χ1) is 9.61. The van der Waals surface area contributed by atoms with E-state index < -0.39 is 4.92 Å². The van der Waals surface area contributed by atoms with Gasteiger partial charge in [0.25, 0.3) is 11.6 Å². The topological polar surface area (TPSA) is 110 Å². The van der Waals surface area contributed by atoms with E-state index in [1.54, 1.807) is 0 Å². The molecule has 1 aliphatic rings. The van der Waals surface area contributed by atoms with Crippen LogP contribution in [0.2, 0.25) is 0 Å². The lowest BCUT2D eigenvalue weighted by Gasteiger charge is -2.25. The van der Waals surface area contributed by atoms with E-state index in [2.05, 4.69) is 10.7 Å². The van der Waals surface area contributed by atoms with Crippen LogP contribution >= 0.6 is 0 Å². The van der Waals surface area contributed by atoms with Crippen LogP contribution in [0.25, 0.3) is 0 Å². The molecule has 1 aliphatic carbocycles. The summed E-state index contributed by atoms with van der Waals surface area (Å²) in [6.07, 6.45) is 4.76. The molecule has 7 heteroatoms. The monoisotopic (exact) mass is 278 g/mol. The van der Waals surface area contributed by atoms with Gasteiger partial charge in [-0.3, -0.25) is 20.8 Å². The number of hydrogen-bond donors (Lipinski definition) is 3. The Morgan fingerprint density at radius 3 is 2.75 bits per heavy atom. The summed E-state index contributed by atoms with van der Waals surface area (Å²) in [5.74, 6) is 5.73. The van der Waals surface area contributed by atoms with E-state index in [1.807, 2.05) is 0 Å². The molecule has 0 spiro atoms. The van der Waals surface area contributed by atoms with Crippen LogP contribution in [0.1, 0.15) is 36.0 Å². The number of nitrogen functional groups attached to an aromatic ring is 1. The van der Waals surface area contributed by atoms with E-state index in [-0.39, 0.29) is 17.3 Å². The number of hydrogen-bond acceptors (Lipinski definition) is 5. The number of anilines is 1. The van der Waals surface area contributed by atoms with Gasteiger partial charge in [-0.05, 0) is 24.5 Å². The third-order valence-electron chi connectivity index (χ3n) is 3.67. The molecule has 0 saturated heterocycles. The molecule has 20 heavy (non-hydrogen) atoms. The maximum atomic E-state index is 11.9. The van der Waals surface area contributed by atoms with Crippen molar-refractivity contribution in [1.82, 2.24) is 5.32 Å².